The summed E-state index contributed by atoms with van der Waals surface area (Å²) in [4.78, 5) is 32.8. The first-order valence-corrected chi connectivity index (χ1v) is 10.4. The van der Waals surface area contributed by atoms with Gasteiger partial charge in [0.05, 0.1) is 21.6 Å². The van der Waals surface area contributed by atoms with E-state index in [0.29, 0.717) is 38.6 Å². The molecule has 0 radical (unpaired) electrons. The third kappa shape index (κ3) is 4.26. The van der Waals surface area contributed by atoms with Gasteiger partial charge in [-0.3, -0.25) is 4.79 Å². The molecule has 0 atom stereocenters. The number of nitrogens with zero attached hydrogens (tertiary/aromatic N) is 4. The predicted molar refractivity (Wildman–Crippen MR) is 125 cm³/mol. The summed E-state index contributed by atoms with van der Waals surface area (Å²) < 4.78 is 8.03. The Morgan fingerprint density at radius 2 is 1.97 bits per heavy atom. The average Bonchev–Trinajstić information content (AvgIpc) is 2.79. The molecular formula is C23H16BrN5O4. The van der Waals surface area contributed by atoms with Crippen LogP contribution in [0.4, 0.5) is 11.6 Å². The largest absolute Gasteiger partial charge is 0.477 e. The molecule has 10 heteroatoms. The molecule has 164 valence electrons. The van der Waals surface area contributed by atoms with Crippen LogP contribution in [-0.2, 0) is 7.05 Å². The number of hydrogen-bond acceptors (Lipinski definition) is 7. The fourth-order valence-corrected chi connectivity index (χ4v) is 3.73. The van der Waals surface area contributed by atoms with Crippen LogP contribution in [0.5, 0.6) is 11.6 Å². The number of pyridine rings is 1. The normalized spacial score (nSPS) is 10.6. The van der Waals surface area contributed by atoms with Crippen LogP contribution in [0.2, 0.25) is 0 Å². The zero-order valence-corrected chi connectivity index (χ0v) is 19.0. The van der Waals surface area contributed by atoms with Crippen molar-refractivity contribution in [3.8, 4) is 17.7 Å². The second-order valence-electron chi connectivity index (χ2n) is 7.09. The number of carboxylic acid groups (broad SMARTS) is 1. The Bertz CT molecular complexity index is 1510. The summed E-state index contributed by atoms with van der Waals surface area (Å²) in [6.45, 7) is 1.58. The van der Waals surface area contributed by atoms with Gasteiger partial charge in [-0.15, -0.1) is 0 Å². The quantitative estimate of drug-likeness (QED) is 0.405. The lowest BCUT2D eigenvalue weighted by Gasteiger charge is -2.15. The van der Waals surface area contributed by atoms with Crippen LogP contribution in [-0.4, -0.2) is 25.6 Å². The minimum Gasteiger partial charge on any atom is -0.477 e. The molecule has 0 bridgehead atoms. The lowest BCUT2D eigenvalue weighted by molar-refractivity contribution is 0.0694. The summed E-state index contributed by atoms with van der Waals surface area (Å²) in [5, 5.41) is 21.6. The maximum atomic E-state index is 12.7. The topological polar surface area (TPSA) is 130 Å². The van der Waals surface area contributed by atoms with Gasteiger partial charge in [0, 0.05) is 42.1 Å². The summed E-state index contributed by atoms with van der Waals surface area (Å²) in [5.74, 6) is -0.328. The highest BCUT2D eigenvalue weighted by atomic mass is 79.9. The van der Waals surface area contributed by atoms with E-state index in [-0.39, 0.29) is 16.8 Å². The molecule has 0 unspecified atom stereocenters. The third-order valence-electron chi connectivity index (χ3n) is 5.08. The van der Waals surface area contributed by atoms with E-state index in [2.05, 4.69) is 37.3 Å². The molecule has 0 aliphatic heterocycles. The van der Waals surface area contributed by atoms with Crippen molar-refractivity contribution in [1.82, 2.24) is 14.5 Å². The number of halogens is 1. The summed E-state index contributed by atoms with van der Waals surface area (Å²) in [5.41, 5.74) is 1.28. The number of hydrogen-bond donors (Lipinski definition) is 2. The summed E-state index contributed by atoms with van der Waals surface area (Å²) in [7, 11) is 1.69. The highest BCUT2D eigenvalue weighted by Gasteiger charge is 2.20. The number of aromatic nitrogens is 3. The number of carboxylic acids is 1. The van der Waals surface area contributed by atoms with Crippen molar-refractivity contribution in [2.75, 3.05) is 5.32 Å². The number of benzene rings is 2. The Morgan fingerprint density at radius 1 is 1.24 bits per heavy atom. The Kier molecular flexibility index (Phi) is 5.81. The number of nitrogens with one attached hydrogen (secondary N) is 1. The summed E-state index contributed by atoms with van der Waals surface area (Å²) in [6.07, 6.45) is 1.53. The molecule has 2 N–H and O–H groups in total. The van der Waals surface area contributed by atoms with Crippen molar-refractivity contribution >= 4 is 44.4 Å². The predicted octanol–water partition coefficient (Wildman–Crippen LogP) is 4.51. The Labute approximate surface area is 196 Å². The van der Waals surface area contributed by atoms with E-state index < -0.39 is 11.4 Å². The number of ether oxygens (including phenoxy) is 1. The summed E-state index contributed by atoms with van der Waals surface area (Å²) in [6, 6.07) is 13.7. The van der Waals surface area contributed by atoms with E-state index in [1.165, 1.54) is 12.3 Å². The van der Waals surface area contributed by atoms with Crippen LogP contribution >= 0.6 is 15.9 Å². The third-order valence-corrected chi connectivity index (χ3v) is 5.70. The number of fused-ring (bicyclic) bond motifs is 1. The highest BCUT2D eigenvalue weighted by Crippen LogP contribution is 2.33. The molecule has 4 aromatic rings. The first kappa shape index (κ1) is 22.0. The Hall–Kier alpha value is -4.23. The van der Waals surface area contributed by atoms with Crippen molar-refractivity contribution in [3.05, 3.63) is 80.2 Å². The van der Waals surface area contributed by atoms with Gasteiger partial charge < -0.3 is 19.7 Å². The van der Waals surface area contributed by atoms with E-state index in [1.807, 2.05) is 0 Å². The Balaban J connectivity index is 1.68. The van der Waals surface area contributed by atoms with E-state index in [0.717, 1.165) is 0 Å². The van der Waals surface area contributed by atoms with E-state index in [9.17, 15) is 14.7 Å². The minimum atomic E-state index is -1.27. The van der Waals surface area contributed by atoms with Gasteiger partial charge in [-0.25, -0.2) is 9.78 Å². The molecule has 0 aliphatic carbocycles. The van der Waals surface area contributed by atoms with Crippen molar-refractivity contribution in [2.24, 2.45) is 7.05 Å². The van der Waals surface area contributed by atoms with E-state index in [1.54, 1.807) is 54.9 Å². The van der Waals surface area contributed by atoms with Crippen molar-refractivity contribution in [3.63, 3.8) is 0 Å². The Morgan fingerprint density at radius 3 is 2.64 bits per heavy atom. The van der Waals surface area contributed by atoms with Gasteiger partial charge in [-0.05, 0) is 53.2 Å². The molecular weight excluding hydrogens is 490 g/mol. The molecule has 2 heterocycles. The van der Waals surface area contributed by atoms with Gasteiger partial charge in [0.1, 0.15) is 11.3 Å². The number of aromatic carboxylic acids is 1. The van der Waals surface area contributed by atoms with Crippen LogP contribution in [0, 0.1) is 18.3 Å². The van der Waals surface area contributed by atoms with E-state index in [4.69, 9.17) is 10.00 Å². The smallest absolute Gasteiger partial charge is 0.341 e. The first-order valence-electron chi connectivity index (χ1n) is 9.62. The lowest BCUT2D eigenvalue weighted by Crippen LogP contribution is -2.21. The average molecular weight is 506 g/mol. The maximum Gasteiger partial charge on any atom is 0.341 e. The molecule has 0 aliphatic rings. The number of nitriles is 1. The van der Waals surface area contributed by atoms with Crippen molar-refractivity contribution < 1.29 is 14.6 Å². The molecule has 2 aromatic heterocycles. The number of anilines is 2. The van der Waals surface area contributed by atoms with Crippen LogP contribution in [0.3, 0.4) is 0 Å². The molecule has 0 fully saturated rings. The monoisotopic (exact) mass is 505 g/mol. The molecule has 0 amide bonds. The van der Waals surface area contributed by atoms with Crippen molar-refractivity contribution in [2.45, 2.75) is 6.92 Å². The van der Waals surface area contributed by atoms with Gasteiger partial charge in [0.25, 0.3) is 0 Å². The van der Waals surface area contributed by atoms with Crippen LogP contribution in [0.1, 0.15) is 21.6 Å². The second-order valence-corrected chi connectivity index (χ2v) is 7.94. The molecule has 9 nitrogen and oxygen atoms in total. The van der Waals surface area contributed by atoms with Gasteiger partial charge in [0.2, 0.25) is 17.3 Å². The minimum absolute atomic E-state index is 0.255. The van der Waals surface area contributed by atoms with Gasteiger partial charge in [0.15, 0.2) is 0 Å². The first-order chi connectivity index (χ1) is 15.8. The SMILES string of the molecule is Cc1c(C(=O)O)c(=O)c2cc(Br)c(Oc3ccnc(Nc4ccc(C#N)cc4)n3)cc2n1C. The molecule has 0 saturated heterocycles. The number of rotatable bonds is 5. The summed E-state index contributed by atoms with van der Waals surface area (Å²) >= 11 is 3.39. The van der Waals surface area contributed by atoms with Crippen LogP contribution < -0.4 is 15.5 Å². The molecule has 0 spiro atoms. The van der Waals surface area contributed by atoms with Gasteiger partial charge in [-0.1, -0.05) is 0 Å². The molecule has 0 saturated carbocycles. The maximum absolute atomic E-state index is 12.7. The lowest BCUT2D eigenvalue weighted by atomic mass is 10.1. The fourth-order valence-electron chi connectivity index (χ4n) is 3.31. The standard InChI is InChI=1S/C23H16BrN5O4/c1-12-20(22(31)32)21(30)15-9-16(24)18(10-17(15)29(12)2)33-19-7-8-26-23(28-19)27-14-5-3-13(11-25)4-6-14/h3-10H,1-2H3,(H,31,32)(H,26,27,28). The second kappa shape index (κ2) is 8.72. The van der Waals surface area contributed by atoms with Crippen molar-refractivity contribution in [1.29, 1.82) is 5.26 Å². The number of carbonyl (C=O) groups is 1. The molecule has 2 aromatic carbocycles. The highest BCUT2D eigenvalue weighted by molar-refractivity contribution is 9.10. The zero-order valence-electron chi connectivity index (χ0n) is 17.5. The van der Waals surface area contributed by atoms with Crippen LogP contribution in [0.25, 0.3) is 10.9 Å². The van der Waals surface area contributed by atoms with Crippen LogP contribution in [0.15, 0.2) is 57.9 Å². The number of aryl methyl sites for hydroxylation is 1. The fraction of sp³-hybridized carbons (Fsp3) is 0.0870. The van der Waals surface area contributed by atoms with E-state index >= 15 is 0 Å². The van der Waals surface area contributed by atoms with Gasteiger partial charge >= 0.3 is 5.97 Å². The van der Waals surface area contributed by atoms with Gasteiger partial charge in [-0.2, -0.15) is 10.2 Å². The molecule has 4 rings (SSSR count). The zero-order chi connectivity index (χ0) is 23.7. The molecule has 33 heavy (non-hydrogen) atoms.